The monoisotopic (exact) mass is 624 g/mol. The van der Waals surface area contributed by atoms with Gasteiger partial charge in [0.05, 0.1) is 17.6 Å². The standard InChI is InChI=1S/C31H36N4O10/c1-8-9-10-11-12-34-30(40)27-29(33-31(34)41)35(24-14-18(3)17(2)13-23(24)32-27)15-25(43-20(5)37)28(45-22(7)39)26(44-21(6)38)16-42-19(4)36/h1,13-14,25-26,28H,9-12,15-16H2,2-7H3/t25-,26+,28-/m0/s1. The van der Waals surface area contributed by atoms with Crippen molar-refractivity contribution in [3.63, 3.8) is 0 Å². The second kappa shape index (κ2) is 15.1. The Morgan fingerprint density at radius 3 is 2.07 bits per heavy atom. The topological polar surface area (TPSA) is 175 Å². The van der Waals surface area contributed by atoms with Crippen molar-refractivity contribution in [1.82, 2.24) is 19.1 Å². The Morgan fingerprint density at radius 1 is 0.844 bits per heavy atom. The maximum absolute atomic E-state index is 13.6. The summed E-state index contributed by atoms with van der Waals surface area (Å²) in [5.74, 6) is -0.677. The highest BCUT2D eigenvalue weighted by atomic mass is 16.6. The van der Waals surface area contributed by atoms with Crippen LogP contribution in [0.25, 0.3) is 22.6 Å². The minimum Gasteiger partial charge on any atom is -0.462 e. The highest BCUT2D eigenvalue weighted by Gasteiger charge is 2.39. The highest BCUT2D eigenvalue weighted by Crippen LogP contribution is 2.26. The summed E-state index contributed by atoms with van der Waals surface area (Å²) in [7, 11) is 0. The number of aromatic nitrogens is 4. The number of fused-ring (bicyclic) bond motifs is 2. The number of carbonyl (C=O) groups is 4. The number of nitrogens with zero attached hydrogens (tertiary/aromatic N) is 4. The number of benzene rings is 1. The summed E-state index contributed by atoms with van der Waals surface area (Å²) >= 11 is 0. The molecule has 2 aliphatic heterocycles. The van der Waals surface area contributed by atoms with Crippen LogP contribution in [0.3, 0.4) is 0 Å². The van der Waals surface area contributed by atoms with Crippen LogP contribution in [0.15, 0.2) is 21.7 Å². The minimum absolute atomic E-state index is 0.0831. The summed E-state index contributed by atoms with van der Waals surface area (Å²) in [4.78, 5) is 83.8. The molecule has 0 spiro atoms. The Kier molecular flexibility index (Phi) is 11.5. The fraction of sp³-hybridized carbons (Fsp3) is 0.484. The zero-order chi connectivity index (χ0) is 33.4. The molecule has 0 bridgehead atoms. The molecule has 0 saturated carbocycles. The quantitative estimate of drug-likeness (QED) is 0.0888. The van der Waals surface area contributed by atoms with Crippen LogP contribution in [0.2, 0.25) is 0 Å². The number of rotatable bonds is 13. The van der Waals surface area contributed by atoms with Crippen LogP contribution in [0.4, 0.5) is 0 Å². The third-order valence-corrected chi connectivity index (χ3v) is 6.90. The van der Waals surface area contributed by atoms with E-state index >= 15 is 0 Å². The van der Waals surface area contributed by atoms with E-state index in [0.717, 1.165) is 43.4 Å². The third-order valence-electron chi connectivity index (χ3n) is 6.90. The molecular weight excluding hydrogens is 588 g/mol. The van der Waals surface area contributed by atoms with E-state index in [9.17, 15) is 28.8 Å². The molecule has 45 heavy (non-hydrogen) atoms. The molecule has 1 aromatic rings. The minimum atomic E-state index is -1.49. The van der Waals surface area contributed by atoms with Crippen LogP contribution in [-0.2, 0) is 51.2 Å². The largest absolute Gasteiger partial charge is 0.462 e. The van der Waals surface area contributed by atoms with Crippen LogP contribution < -0.4 is 11.2 Å². The van der Waals surface area contributed by atoms with Crippen molar-refractivity contribution < 1.29 is 38.1 Å². The number of ether oxygens (including phenoxy) is 4. The molecule has 1 aromatic carbocycles. The SMILES string of the molecule is C#CCCCCn1c(=O)nc2n(C[C@H](OC(C)=O)[C@H](OC(C)=O)[C@@H](COC(C)=O)OC(C)=O)c3cc(C)c(C)cc3nc-2c1=O. The Balaban J connectivity index is 2.29. The molecule has 2 aliphatic rings. The fourth-order valence-electron chi connectivity index (χ4n) is 4.80. The van der Waals surface area contributed by atoms with Crippen molar-refractivity contribution in [3.8, 4) is 23.9 Å². The zero-order valence-corrected chi connectivity index (χ0v) is 26.1. The molecule has 3 rings (SSSR count). The van der Waals surface area contributed by atoms with Gasteiger partial charge in [-0.05, 0) is 49.9 Å². The predicted octanol–water partition coefficient (Wildman–Crippen LogP) is 1.84. The van der Waals surface area contributed by atoms with Crippen LogP contribution in [-0.4, -0.2) is 67.9 Å². The number of unbranched alkanes of at least 4 members (excludes halogenated alkanes) is 2. The van der Waals surface area contributed by atoms with E-state index in [-0.39, 0.29) is 24.6 Å². The molecule has 0 unspecified atom stereocenters. The summed E-state index contributed by atoms with van der Waals surface area (Å²) in [6.07, 6.45) is 2.59. The fourth-order valence-corrected chi connectivity index (χ4v) is 4.80. The van der Waals surface area contributed by atoms with Gasteiger partial charge in [-0.15, -0.1) is 12.3 Å². The second-order valence-electron chi connectivity index (χ2n) is 10.5. The lowest BCUT2D eigenvalue weighted by Crippen LogP contribution is -2.49. The van der Waals surface area contributed by atoms with Gasteiger partial charge in [0.1, 0.15) is 6.61 Å². The maximum Gasteiger partial charge on any atom is 0.352 e. The molecule has 0 N–H and O–H groups in total. The van der Waals surface area contributed by atoms with Crippen LogP contribution in [0, 0.1) is 26.2 Å². The Hall–Kier alpha value is -5.06. The van der Waals surface area contributed by atoms with Crippen molar-refractivity contribution in [2.24, 2.45) is 0 Å². The smallest absolute Gasteiger partial charge is 0.352 e. The number of esters is 4. The van der Waals surface area contributed by atoms with Crippen molar-refractivity contribution in [2.45, 2.75) is 92.2 Å². The third kappa shape index (κ3) is 8.75. The molecular formula is C31H36N4O10. The Bertz CT molecular complexity index is 1740. The number of aryl methyl sites for hydroxylation is 2. The molecule has 0 radical (unpaired) electrons. The van der Waals surface area contributed by atoms with E-state index in [1.807, 2.05) is 13.8 Å². The lowest BCUT2D eigenvalue weighted by molar-refractivity contribution is -0.190. The first-order valence-corrected chi connectivity index (χ1v) is 14.2. The summed E-state index contributed by atoms with van der Waals surface area (Å²) < 4.78 is 24.0. The predicted molar refractivity (Wildman–Crippen MR) is 160 cm³/mol. The lowest BCUT2D eigenvalue weighted by Gasteiger charge is -2.32. The normalized spacial score (nSPS) is 13.0. The number of terminal acetylenes is 1. The Morgan fingerprint density at radius 2 is 1.47 bits per heavy atom. The molecule has 14 nitrogen and oxygen atoms in total. The van der Waals surface area contributed by atoms with Crippen molar-refractivity contribution >= 4 is 34.9 Å². The van der Waals surface area contributed by atoms with Crippen LogP contribution in [0.1, 0.15) is 58.1 Å². The van der Waals surface area contributed by atoms with Gasteiger partial charge in [0.15, 0.2) is 29.8 Å². The van der Waals surface area contributed by atoms with Crippen molar-refractivity contribution in [3.05, 3.63) is 44.1 Å². The lowest BCUT2D eigenvalue weighted by atomic mass is 10.1. The van der Waals surface area contributed by atoms with Gasteiger partial charge in [-0.25, -0.2) is 9.78 Å². The summed E-state index contributed by atoms with van der Waals surface area (Å²) in [6, 6.07) is 3.53. The van der Waals surface area contributed by atoms with E-state index in [1.54, 1.807) is 12.1 Å². The van der Waals surface area contributed by atoms with E-state index < -0.39 is 60.0 Å². The van der Waals surface area contributed by atoms with Gasteiger partial charge in [-0.3, -0.25) is 28.5 Å². The van der Waals surface area contributed by atoms with Gasteiger partial charge < -0.3 is 23.5 Å². The van der Waals surface area contributed by atoms with Gasteiger partial charge in [-0.1, -0.05) is 0 Å². The molecule has 2 heterocycles. The van der Waals surface area contributed by atoms with E-state index in [4.69, 9.17) is 25.4 Å². The average Bonchev–Trinajstić information content (AvgIpc) is 2.94. The summed E-state index contributed by atoms with van der Waals surface area (Å²) in [5, 5.41) is 0. The van der Waals surface area contributed by atoms with Gasteiger partial charge >= 0.3 is 29.6 Å². The molecule has 240 valence electrons. The summed E-state index contributed by atoms with van der Waals surface area (Å²) in [6.45, 7) is 7.40. The maximum atomic E-state index is 13.6. The van der Waals surface area contributed by atoms with Gasteiger partial charge in [0, 0.05) is 40.7 Å². The van der Waals surface area contributed by atoms with Crippen LogP contribution >= 0.6 is 0 Å². The average molecular weight is 625 g/mol. The molecule has 3 atom stereocenters. The molecule has 0 fully saturated rings. The van der Waals surface area contributed by atoms with Gasteiger partial charge in [0.2, 0.25) is 0 Å². The van der Waals surface area contributed by atoms with E-state index in [0.29, 0.717) is 30.3 Å². The molecule has 0 saturated heterocycles. The van der Waals surface area contributed by atoms with Crippen molar-refractivity contribution in [2.75, 3.05) is 6.61 Å². The second-order valence-corrected chi connectivity index (χ2v) is 10.5. The summed E-state index contributed by atoms with van der Waals surface area (Å²) in [5.41, 5.74) is 0.900. The van der Waals surface area contributed by atoms with Crippen LogP contribution in [0.5, 0.6) is 0 Å². The first kappa shape index (κ1) is 34.4. The molecule has 0 aliphatic carbocycles. The van der Waals surface area contributed by atoms with E-state index in [2.05, 4.69) is 15.9 Å². The molecule has 14 heteroatoms. The van der Waals surface area contributed by atoms with Crippen molar-refractivity contribution in [1.29, 1.82) is 0 Å². The van der Waals surface area contributed by atoms with Gasteiger partial charge in [0.25, 0.3) is 5.56 Å². The number of carbonyl (C=O) groups excluding carboxylic acids is 4. The number of hydrogen-bond acceptors (Lipinski definition) is 12. The first-order valence-electron chi connectivity index (χ1n) is 14.2. The van der Waals surface area contributed by atoms with Gasteiger partial charge in [-0.2, -0.15) is 4.98 Å². The molecule has 0 aromatic heterocycles. The van der Waals surface area contributed by atoms with E-state index in [1.165, 1.54) is 4.57 Å². The number of hydrogen-bond donors (Lipinski definition) is 0. The molecule has 0 amide bonds. The zero-order valence-electron chi connectivity index (χ0n) is 26.1. The first-order chi connectivity index (χ1) is 21.2. The Labute approximate surface area is 259 Å². The highest BCUT2D eigenvalue weighted by molar-refractivity contribution is 5.81.